The first-order valence-electron chi connectivity index (χ1n) is 8.79. The van der Waals surface area contributed by atoms with E-state index in [1.165, 1.54) is 12.8 Å². The van der Waals surface area contributed by atoms with Gasteiger partial charge in [0.1, 0.15) is 6.26 Å². The summed E-state index contributed by atoms with van der Waals surface area (Å²) in [6.07, 6.45) is 7.04. The van der Waals surface area contributed by atoms with Crippen LogP contribution >= 0.6 is 12.4 Å². The largest absolute Gasteiger partial charge is 0.444 e. The van der Waals surface area contributed by atoms with Crippen molar-refractivity contribution in [3.8, 4) is 11.5 Å². The number of aromatic nitrogens is 1. The molecule has 0 saturated carbocycles. The van der Waals surface area contributed by atoms with Crippen LogP contribution in [-0.4, -0.2) is 23.0 Å². The van der Waals surface area contributed by atoms with Gasteiger partial charge in [0.25, 0.3) is 0 Å². The summed E-state index contributed by atoms with van der Waals surface area (Å²) in [4.78, 5) is 16.6. The summed E-state index contributed by atoms with van der Waals surface area (Å²) in [7, 11) is 0. The van der Waals surface area contributed by atoms with Crippen molar-refractivity contribution < 1.29 is 9.21 Å². The SMILES string of the molecule is Cl.O=C(CC1CC2CCC(C1)N2)NCc1coc(-c2ccccc2)n1. The van der Waals surface area contributed by atoms with Gasteiger partial charge in [0, 0.05) is 24.1 Å². The lowest BCUT2D eigenvalue weighted by molar-refractivity contribution is -0.122. The Labute approximate surface area is 154 Å². The second-order valence-corrected chi connectivity index (χ2v) is 6.97. The number of rotatable bonds is 5. The monoisotopic (exact) mass is 361 g/mol. The fraction of sp³-hybridized carbons (Fsp3) is 0.474. The van der Waals surface area contributed by atoms with E-state index >= 15 is 0 Å². The lowest BCUT2D eigenvalue weighted by atomic mass is 9.89. The van der Waals surface area contributed by atoms with Gasteiger partial charge in [0.15, 0.2) is 0 Å². The molecule has 2 unspecified atom stereocenters. The number of fused-ring (bicyclic) bond motifs is 2. The van der Waals surface area contributed by atoms with Crippen LogP contribution in [-0.2, 0) is 11.3 Å². The van der Waals surface area contributed by atoms with Gasteiger partial charge in [-0.25, -0.2) is 4.98 Å². The molecule has 0 aliphatic carbocycles. The molecule has 2 aromatic rings. The lowest BCUT2D eigenvalue weighted by Crippen LogP contribution is -2.39. The molecule has 2 bridgehead atoms. The van der Waals surface area contributed by atoms with E-state index in [9.17, 15) is 4.79 Å². The lowest BCUT2D eigenvalue weighted by Gasteiger charge is -2.28. The molecule has 2 fully saturated rings. The van der Waals surface area contributed by atoms with E-state index in [2.05, 4.69) is 15.6 Å². The zero-order valence-corrected chi connectivity index (χ0v) is 14.9. The highest BCUT2D eigenvalue weighted by atomic mass is 35.5. The highest BCUT2D eigenvalue weighted by Gasteiger charge is 2.34. The number of nitrogens with one attached hydrogen (secondary N) is 2. The van der Waals surface area contributed by atoms with Crippen molar-refractivity contribution in [2.45, 2.75) is 50.7 Å². The fourth-order valence-electron chi connectivity index (χ4n) is 3.97. The molecule has 1 amide bonds. The number of carbonyl (C=O) groups excluding carboxylic acids is 1. The van der Waals surface area contributed by atoms with Crippen molar-refractivity contribution in [2.75, 3.05) is 0 Å². The molecular weight excluding hydrogens is 338 g/mol. The van der Waals surface area contributed by atoms with Crippen LogP contribution in [0.4, 0.5) is 0 Å². The third-order valence-electron chi connectivity index (χ3n) is 5.08. The van der Waals surface area contributed by atoms with Crippen LogP contribution in [0.25, 0.3) is 11.5 Å². The van der Waals surface area contributed by atoms with Crippen LogP contribution in [0.1, 0.15) is 37.8 Å². The molecule has 1 aromatic carbocycles. The number of amides is 1. The smallest absolute Gasteiger partial charge is 0.226 e. The molecule has 2 aliphatic heterocycles. The number of hydrogen-bond acceptors (Lipinski definition) is 4. The summed E-state index contributed by atoms with van der Waals surface area (Å²) in [6, 6.07) is 11.0. The minimum atomic E-state index is 0. The van der Waals surface area contributed by atoms with E-state index in [0.29, 0.717) is 36.9 Å². The minimum Gasteiger partial charge on any atom is -0.444 e. The van der Waals surface area contributed by atoms with Gasteiger partial charge >= 0.3 is 0 Å². The van der Waals surface area contributed by atoms with E-state index in [1.807, 2.05) is 30.3 Å². The van der Waals surface area contributed by atoms with Gasteiger partial charge in [-0.2, -0.15) is 0 Å². The molecule has 2 atom stereocenters. The van der Waals surface area contributed by atoms with Crippen LogP contribution < -0.4 is 10.6 Å². The standard InChI is InChI=1S/C19H23N3O2.ClH/c23-18(10-13-8-15-6-7-16(9-13)21-15)20-11-17-12-24-19(22-17)14-4-2-1-3-5-14;/h1-5,12-13,15-16,21H,6-11H2,(H,20,23);1H. The maximum atomic E-state index is 12.2. The molecule has 5 nitrogen and oxygen atoms in total. The van der Waals surface area contributed by atoms with E-state index < -0.39 is 0 Å². The van der Waals surface area contributed by atoms with Gasteiger partial charge in [0.05, 0.1) is 12.2 Å². The van der Waals surface area contributed by atoms with Gasteiger partial charge in [-0.05, 0) is 43.7 Å². The van der Waals surface area contributed by atoms with Crippen molar-refractivity contribution in [3.63, 3.8) is 0 Å². The molecule has 2 saturated heterocycles. The van der Waals surface area contributed by atoms with Crippen LogP contribution in [0.15, 0.2) is 41.0 Å². The molecule has 3 heterocycles. The third-order valence-corrected chi connectivity index (χ3v) is 5.08. The summed E-state index contributed by atoms with van der Waals surface area (Å²) in [6.45, 7) is 0.424. The van der Waals surface area contributed by atoms with Crippen molar-refractivity contribution in [1.82, 2.24) is 15.6 Å². The van der Waals surface area contributed by atoms with Crippen molar-refractivity contribution in [1.29, 1.82) is 0 Å². The molecule has 0 radical (unpaired) electrons. The van der Waals surface area contributed by atoms with Crippen molar-refractivity contribution in [3.05, 3.63) is 42.3 Å². The van der Waals surface area contributed by atoms with E-state index in [1.54, 1.807) is 6.26 Å². The van der Waals surface area contributed by atoms with Crippen LogP contribution in [0.2, 0.25) is 0 Å². The molecule has 25 heavy (non-hydrogen) atoms. The average molecular weight is 362 g/mol. The van der Waals surface area contributed by atoms with E-state index in [0.717, 1.165) is 24.1 Å². The Hall–Kier alpha value is -1.85. The minimum absolute atomic E-state index is 0. The van der Waals surface area contributed by atoms with Crippen LogP contribution in [0.5, 0.6) is 0 Å². The predicted octanol–water partition coefficient (Wildman–Crippen LogP) is 3.30. The second-order valence-electron chi connectivity index (χ2n) is 6.97. The highest BCUT2D eigenvalue weighted by Crippen LogP contribution is 2.32. The highest BCUT2D eigenvalue weighted by molar-refractivity contribution is 5.85. The Balaban J connectivity index is 0.00000182. The topological polar surface area (TPSA) is 67.2 Å². The zero-order chi connectivity index (χ0) is 16.4. The normalized spacial score (nSPS) is 24.6. The Morgan fingerprint density at radius 3 is 2.64 bits per heavy atom. The summed E-state index contributed by atoms with van der Waals surface area (Å²) >= 11 is 0. The molecule has 2 aliphatic rings. The Morgan fingerprint density at radius 2 is 1.92 bits per heavy atom. The first-order chi connectivity index (χ1) is 11.8. The number of carbonyl (C=O) groups is 1. The number of nitrogens with zero attached hydrogens (tertiary/aromatic N) is 1. The number of hydrogen-bond donors (Lipinski definition) is 2. The maximum absolute atomic E-state index is 12.2. The Kier molecular flexibility index (Phi) is 5.76. The van der Waals surface area contributed by atoms with Crippen LogP contribution in [0.3, 0.4) is 0 Å². The predicted molar refractivity (Wildman–Crippen MR) is 98.3 cm³/mol. The first-order valence-corrected chi connectivity index (χ1v) is 8.79. The molecular formula is C19H24ClN3O2. The van der Waals surface area contributed by atoms with Gasteiger partial charge in [0.2, 0.25) is 11.8 Å². The molecule has 134 valence electrons. The zero-order valence-electron chi connectivity index (χ0n) is 14.1. The Morgan fingerprint density at radius 1 is 1.20 bits per heavy atom. The third kappa shape index (κ3) is 4.41. The summed E-state index contributed by atoms with van der Waals surface area (Å²) in [5.41, 5.74) is 1.70. The number of piperidine rings is 1. The van der Waals surface area contributed by atoms with Crippen molar-refractivity contribution in [2.24, 2.45) is 5.92 Å². The fourth-order valence-corrected chi connectivity index (χ4v) is 3.97. The van der Waals surface area contributed by atoms with Gasteiger partial charge in [-0.3, -0.25) is 4.79 Å². The van der Waals surface area contributed by atoms with Gasteiger partial charge in [-0.1, -0.05) is 18.2 Å². The van der Waals surface area contributed by atoms with Crippen molar-refractivity contribution >= 4 is 18.3 Å². The number of halogens is 1. The van der Waals surface area contributed by atoms with Gasteiger partial charge < -0.3 is 15.1 Å². The molecule has 4 rings (SSSR count). The maximum Gasteiger partial charge on any atom is 0.226 e. The molecule has 0 spiro atoms. The molecule has 6 heteroatoms. The van der Waals surface area contributed by atoms with E-state index in [4.69, 9.17) is 4.42 Å². The Bertz CT molecular complexity index is 692. The average Bonchev–Trinajstić information content (AvgIpc) is 3.20. The molecule has 2 N–H and O–H groups in total. The van der Waals surface area contributed by atoms with E-state index in [-0.39, 0.29) is 18.3 Å². The van der Waals surface area contributed by atoms with Crippen LogP contribution in [0, 0.1) is 5.92 Å². The number of oxazole rings is 1. The van der Waals surface area contributed by atoms with Gasteiger partial charge in [-0.15, -0.1) is 12.4 Å². The quantitative estimate of drug-likeness (QED) is 0.857. The first kappa shape index (κ1) is 18.0. The summed E-state index contributed by atoms with van der Waals surface area (Å²) in [5, 5.41) is 6.59. The summed E-state index contributed by atoms with van der Waals surface area (Å²) in [5.74, 6) is 1.22. The molecule has 1 aromatic heterocycles. The summed E-state index contributed by atoms with van der Waals surface area (Å²) < 4.78 is 5.50. The number of benzene rings is 1. The second kappa shape index (κ2) is 8.02.